The van der Waals surface area contributed by atoms with E-state index in [-0.39, 0.29) is 17.1 Å². The van der Waals surface area contributed by atoms with Crippen molar-refractivity contribution >= 4 is 41.0 Å². The predicted octanol–water partition coefficient (Wildman–Crippen LogP) is 6.21. The van der Waals surface area contributed by atoms with E-state index in [0.717, 1.165) is 23.2 Å². The number of benzene rings is 3. The topological polar surface area (TPSA) is 88.9 Å². The number of nitrogens with one attached hydrogen (secondary N) is 2. The summed E-state index contributed by atoms with van der Waals surface area (Å²) >= 11 is 1.39. The second kappa shape index (κ2) is 12.9. The molecule has 0 spiro atoms. The van der Waals surface area contributed by atoms with Crippen LogP contribution in [0.1, 0.15) is 31.4 Å². The van der Waals surface area contributed by atoms with Gasteiger partial charge in [-0.2, -0.15) is 0 Å². The maximum Gasteiger partial charge on any atom is 0.248 e. The summed E-state index contributed by atoms with van der Waals surface area (Å²) in [6.45, 7) is 4.08. The molecular formula is C30H31N5O2S. The molecule has 3 aromatic carbocycles. The summed E-state index contributed by atoms with van der Waals surface area (Å²) in [5.74, 6) is 0.414. The van der Waals surface area contributed by atoms with Crippen molar-refractivity contribution in [3.05, 3.63) is 96.1 Å². The smallest absolute Gasteiger partial charge is 0.248 e. The van der Waals surface area contributed by atoms with Gasteiger partial charge in [0, 0.05) is 30.1 Å². The van der Waals surface area contributed by atoms with Gasteiger partial charge < -0.3 is 15.2 Å². The van der Waals surface area contributed by atoms with Crippen molar-refractivity contribution in [3.63, 3.8) is 0 Å². The first-order valence-corrected chi connectivity index (χ1v) is 13.4. The molecule has 7 nitrogen and oxygen atoms in total. The van der Waals surface area contributed by atoms with Crippen LogP contribution in [0.25, 0.3) is 17.5 Å². The van der Waals surface area contributed by atoms with Crippen LogP contribution >= 0.6 is 11.8 Å². The molecule has 1 unspecified atom stereocenters. The Balaban J connectivity index is 1.38. The Bertz CT molecular complexity index is 1400. The summed E-state index contributed by atoms with van der Waals surface area (Å²) in [5.41, 5.74) is 4.52. The van der Waals surface area contributed by atoms with Crippen LogP contribution in [-0.4, -0.2) is 31.8 Å². The summed E-state index contributed by atoms with van der Waals surface area (Å²) in [7, 11) is 1.88. The molecule has 0 radical (unpaired) electrons. The van der Waals surface area contributed by atoms with E-state index < -0.39 is 0 Å². The molecule has 0 bridgehead atoms. The van der Waals surface area contributed by atoms with Crippen molar-refractivity contribution in [1.29, 1.82) is 0 Å². The number of nitrogens with zero attached hydrogens (tertiary/aromatic N) is 3. The Morgan fingerprint density at radius 3 is 2.21 bits per heavy atom. The molecular weight excluding hydrogens is 494 g/mol. The second-order valence-corrected chi connectivity index (χ2v) is 9.90. The highest BCUT2D eigenvalue weighted by Crippen LogP contribution is 2.28. The van der Waals surface area contributed by atoms with Gasteiger partial charge in [0.2, 0.25) is 11.8 Å². The van der Waals surface area contributed by atoms with Crippen molar-refractivity contribution in [1.82, 2.24) is 14.8 Å². The molecule has 0 aliphatic carbocycles. The van der Waals surface area contributed by atoms with Gasteiger partial charge >= 0.3 is 0 Å². The molecule has 38 heavy (non-hydrogen) atoms. The number of rotatable bonds is 10. The van der Waals surface area contributed by atoms with Crippen LogP contribution in [0.15, 0.2) is 90.1 Å². The molecule has 0 saturated carbocycles. The quantitative estimate of drug-likeness (QED) is 0.190. The SMILES string of the molecule is CCc1ccc(NC(=O)C(CC)Sc2nnc(-c3ccc(NC(=O)C=Cc4ccccc4)cc3)n2C)cc1. The Kier molecular flexibility index (Phi) is 9.11. The van der Waals surface area contributed by atoms with Gasteiger partial charge in [0.25, 0.3) is 0 Å². The van der Waals surface area contributed by atoms with E-state index >= 15 is 0 Å². The molecule has 1 heterocycles. The van der Waals surface area contributed by atoms with Crippen LogP contribution in [0.5, 0.6) is 0 Å². The first-order valence-electron chi connectivity index (χ1n) is 12.6. The molecule has 194 valence electrons. The zero-order valence-electron chi connectivity index (χ0n) is 21.7. The average molecular weight is 526 g/mol. The van der Waals surface area contributed by atoms with Crippen molar-refractivity contribution in [3.8, 4) is 11.4 Å². The molecule has 4 aromatic rings. The van der Waals surface area contributed by atoms with Crippen molar-refractivity contribution in [2.24, 2.45) is 7.05 Å². The zero-order valence-corrected chi connectivity index (χ0v) is 22.5. The number of aromatic nitrogens is 3. The standard InChI is InChI=1S/C30H31N5O2S/c1-4-21-11-16-25(17-12-21)32-29(37)26(5-2)38-30-34-33-28(35(30)3)23-14-18-24(19-15-23)31-27(36)20-13-22-9-7-6-8-10-22/h6-20,26H,4-5H2,1-3H3,(H,31,36)(H,32,37). The lowest BCUT2D eigenvalue weighted by molar-refractivity contribution is -0.115. The first kappa shape index (κ1) is 26.9. The van der Waals surface area contributed by atoms with Crippen molar-refractivity contribution in [2.75, 3.05) is 10.6 Å². The van der Waals surface area contributed by atoms with Crippen LogP contribution in [0.2, 0.25) is 0 Å². The molecule has 0 fully saturated rings. The molecule has 1 atom stereocenters. The predicted molar refractivity (Wildman–Crippen MR) is 155 cm³/mol. The average Bonchev–Trinajstić information content (AvgIpc) is 3.31. The van der Waals surface area contributed by atoms with Gasteiger partial charge in [0.15, 0.2) is 11.0 Å². The van der Waals surface area contributed by atoms with Crippen LogP contribution in [0.4, 0.5) is 11.4 Å². The second-order valence-electron chi connectivity index (χ2n) is 8.73. The van der Waals surface area contributed by atoms with Gasteiger partial charge in [-0.05, 0) is 66.4 Å². The molecule has 8 heteroatoms. The molecule has 0 saturated heterocycles. The maximum atomic E-state index is 12.9. The van der Waals surface area contributed by atoms with Gasteiger partial charge in [0.05, 0.1) is 5.25 Å². The Morgan fingerprint density at radius 2 is 1.55 bits per heavy atom. The molecule has 4 rings (SSSR count). The van der Waals surface area contributed by atoms with Gasteiger partial charge in [-0.15, -0.1) is 10.2 Å². The number of amides is 2. The Hall–Kier alpha value is -4.17. The third-order valence-corrected chi connectivity index (χ3v) is 7.41. The van der Waals surface area contributed by atoms with E-state index in [1.165, 1.54) is 23.4 Å². The van der Waals surface area contributed by atoms with E-state index in [4.69, 9.17) is 0 Å². The fourth-order valence-electron chi connectivity index (χ4n) is 3.79. The van der Waals surface area contributed by atoms with Crippen molar-refractivity contribution in [2.45, 2.75) is 37.1 Å². The summed E-state index contributed by atoms with van der Waals surface area (Å²) in [6.07, 6.45) is 4.89. The third kappa shape index (κ3) is 6.98. The maximum absolute atomic E-state index is 12.9. The number of carbonyl (C=O) groups is 2. The highest BCUT2D eigenvalue weighted by Gasteiger charge is 2.22. The van der Waals surface area contributed by atoms with Gasteiger partial charge in [-0.3, -0.25) is 9.59 Å². The van der Waals surface area contributed by atoms with Crippen molar-refractivity contribution < 1.29 is 9.59 Å². The van der Waals surface area contributed by atoms with E-state index in [1.807, 2.05) is 97.4 Å². The largest absolute Gasteiger partial charge is 0.325 e. The summed E-state index contributed by atoms with van der Waals surface area (Å²) < 4.78 is 1.88. The number of hydrogen-bond donors (Lipinski definition) is 2. The minimum Gasteiger partial charge on any atom is -0.325 e. The van der Waals surface area contributed by atoms with Gasteiger partial charge in [-0.1, -0.05) is 68.1 Å². The number of thioether (sulfide) groups is 1. The Labute approximate surface area is 227 Å². The number of anilines is 2. The monoisotopic (exact) mass is 525 g/mol. The van der Waals surface area contributed by atoms with Gasteiger partial charge in [0.1, 0.15) is 0 Å². The zero-order chi connectivity index (χ0) is 26.9. The lowest BCUT2D eigenvalue weighted by Gasteiger charge is -2.14. The first-order chi connectivity index (χ1) is 18.5. The van der Waals surface area contributed by atoms with Crippen LogP contribution in [0, 0.1) is 0 Å². The van der Waals surface area contributed by atoms with Crippen LogP contribution < -0.4 is 10.6 Å². The van der Waals surface area contributed by atoms with Crippen LogP contribution in [-0.2, 0) is 23.1 Å². The Morgan fingerprint density at radius 1 is 0.895 bits per heavy atom. The normalized spacial score (nSPS) is 11.9. The van der Waals surface area contributed by atoms with Crippen LogP contribution in [0.3, 0.4) is 0 Å². The molecule has 2 amide bonds. The fourth-order valence-corrected chi connectivity index (χ4v) is 4.71. The van der Waals surface area contributed by atoms with Gasteiger partial charge in [-0.25, -0.2) is 0 Å². The summed E-state index contributed by atoms with van der Waals surface area (Å²) in [6, 6.07) is 25.0. The number of hydrogen-bond acceptors (Lipinski definition) is 5. The lowest BCUT2D eigenvalue weighted by Crippen LogP contribution is -2.25. The highest BCUT2D eigenvalue weighted by molar-refractivity contribution is 8.00. The minimum absolute atomic E-state index is 0.0623. The highest BCUT2D eigenvalue weighted by atomic mass is 32.2. The van der Waals surface area contributed by atoms with E-state index in [2.05, 4.69) is 27.8 Å². The van der Waals surface area contributed by atoms with E-state index in [1.54, 1.807) is 6.08 Å². The molecule has 1 aromatic heterocycles. The number of carbonyl (C=O) groups excluding carboxylic acids is 2. The fraction of sp³-hybridized carbons (Fsp3) is 0.200. The summed E-state index contributed by atoms with van der Waals surface area (Å²) in [4.78, 5) is 25.2. The molecule has 0 aliphatic heterocycles. The lowest BCUT2D eigenvalue weighted by atomic mass is 10.1. The van der Waals surface area contributed by atoms with E-state index in [9.17, 15) is 9.59 Å². The van der Waals surface area contributed by atoms with E-state index in [0.29, 0.717) is 23.1 Å². The number of aryl methyl sites for hydroxylation is 1. The summed E-state index contributed by atoms with van der Waals surface area (Å²) in [5, 5.41) is 14.9. The minimum atomic E-state index is -0.307. The molecule has 2 N–H and O–H groups in total. The molecule has 0 aliphatic rings. The third-order valence-electron chi connectivity index (χ3n) is 6.01.